The number of halogens is 3. The first kappa shape index (κ1) is 20.0. The van der Waals surface area contributed by atoms with E-state index in [9.17, 15) is 18.0 Å². The zero-order valence-corrected chi connectivity index (χ0v) is 15.8. The molecule has 0 spiro atoms. The second kappa shape index (κ2) is 8.09. The summed E-state index contributed by atoms with van der Waals surface area (Å²) in [6.45, 7) is 3.13. The van der Waals surface area contributed by atoms with Gasteiger partial charge in [-0.3, -0.25) is 4.79 Å². The summed E-state index contributed by atoms with van der Waals surface area (Å²) >= 11 is 0. The van der Waals surface area contributed by atoms with Crippen molar-refractivity contribution in [2.45, 2.75) is 64.2 Å². The van der Waals surface area contributed by atoms with Crippen LogP contribution in [0.1, 0.15) is 54.8 Å². The van der Waals surface area contributed by atoms with Crippen LogP contribution in [0.2, 0.25) is 0 Å². The van der Waals surface area contributed by atoms with Gasteiger partial charge in [0.25, 0.3) is 0 Å². The Labute approximate surface area is 157 Å². The minimum atomic E-state index is -4.37. The molecule has 1 amide bonds. The third kappa shape index (κ3) is 5.15. The van der Waals surface area contributed by atoms with E-state index >= 15 is 0 Å². The second-order valence-corrected chi connectivity index (χ2v) is 7.43. The van der Waals surface area contributed by atoms with Crippen LogP contribution in [0.15, 0.2) is 12.1 Å². The maximum atomic E-state index is 12.8. The minimum Gasteiger partial charge on any atom is -0.493 e. The lowest BCUT2D eigenvalue weighted by molar-refractivity contribution is -0.175. The lowest BCUT2D eigenvalue weighted by Gasteiger charge is -2.32. The van der Waals surface area contributed by atoms with Crippen LogP contribution < -0.4 is 4.74 Å². The van der Waals surface area contributed by atoms with E-state index in [1.807, 2.05) is 24.8 Å². The second-order valence-electron chi connectivity index (χ2n) is 7.43. The van der Waals surface area contributed by atoms with Gasteiger partial charge in [-0.15, -0.1) is 0 Å². The Morgan fingerprint density at radius 3 is 2.59 bits per heavy atom. The molecule has 1 unspecified atom stereocenters. The Hall–Kier alpha value is -1.76. The molecule has 0 N–H and O–H groups in total. The predicted octanol–water partition coefficient (Wildman–Crippen LogP) is 4.48. The zero-order valence-electron chi connectivity index (χ0n) is 15.8. The van der Waals surface area contributed by atoms with Gasteiger partial charge in [-0.05, 0) is 56.7 Å². The highest BCUT2D eigenvalue weighted by molar-refractivity contribution is 5.77. The van der Waals surface area contributed by atoms with E-state index in [4.69, 9.17) is 4.74 Å². The Morgan fingerprint density at radius 2 is 1.93 bits per heavy atom. The molecular weight excluding hydrogens is 359 g/mol. The summed E-state index contributed by atoms with van der Waals surface area (Å²) in [6.07, 6.45) is -0.907. The number of aryl methyl sites for hydroxylation is 2. The number of amides is 1. The third-order valence-electron chi connectivity index (χ3n) is 5.15. The van der Waals surface area contributed by atoms with Crippen molar-refractivity contribution >= 4 is 5.91 Å². The van der Waals surface area contributed by atoms with E-state index < -0.39 is 12.8 Å². The Balaban J connectivity index is 1.75. The number of benzene rings is 1. The number of alkyl halides is 3. The maximum Gasteiger partial charge on any atom is 0.411 e. The summed E-state index contributed by atoms with van der Waals surface area (Å²) in [7, 11) is 0. The van der Waals surface area contributed by atoms with Crippen LogP contribution in [-0.4, -0.2) is 42.8 Å². The van der Waals surface area contributed by atoms with Crippen LogP contribution in [0.3, 0.4) is 0 Å². The Bertz CT molecular complexity index is 686. The van der Waals surface area contributed by atoms with Gasteiger partial charge in [-0.25, -0.2) is 0 Å². The molecule has 2 aliphatic rings. The van der Waals surface area contributed by atoms with Crippen molar-refractivity contribution in [1.82, 2.24) is 4.90 Å². The highest BCUT2D eigenvalue weighted by Gasteiger charge is 2.39. The van der Waals surface area contributed by atoms with Crippen molar-refractivity contribution in [3.05, 3.63) is 28.8 Å². The van der Waals surface area contributed by atoms with Crippen molar-refractivity contribution in [2.24, 2.45) is 0 Å². The number of hydrogen-bond acceptors (Lipinski definition) is 3. The molecule has 3 rings (SSSR count). The summed E-state index contributed by atoms with van der Waals surface area (Å²) in [4.78, 5) is 14.7. The van der Waals surface area contributed by atoms with Gasteiger partial charge in [0, 0.05) is 11.6 Å². The topological polar surface area (TPSA) is 38.8 Å². The quantitative estimate of drug-likeness (QED) is 0.678. The molecule has 0 aromatic heterocycles. The molecule has 4 nitrogen and oxygen atoms in total. The molecule has 27 heavy (non-hydrogen) atoms. The summed E-state index contributed by atoms with van der Waals surface area (Å²) in [5.41, 5.74) is 3.28. The summed E-state index contributed by atoms with van der Waals surface area (Å²) in [5, 5.41) is 0. The van der Waals surface area contributed by atoms with Gasteiger partial charge in [0.2, 0.25) is 5.91 Å². The molecule has 1 fully saturated rings. The number of hydrogen-bond donors (Lipinski definition) is 0. The van der Waals surface area contributed by atoms with Gasteiger partial charge in [-0.1, -0.05) is 6.07 Å². The molecule has 1 aromatic rings. The van der Waals surface area contributed by atoms with E-state index in [1.165, 1.54) is 0 Å². The molecule has 1 heterocycles. The smallest absolute Gasteiger partial charge is 0.411 e. The van der Waals surface area contributed by atoms with Crippen LogP contribution in [0.25, 0.3) is 0 Å². The molecule has 1 aliphatic carbocycles. The van der Waals surface area contributed by atoms with Gasteiger partial charge in [0.1, 0.15) is 12.4 Å². The van der Waals surface area contributed by atoms with Crippen molar-refractivity contribution in [3.8, 4) is 5.75 Å². The first-order valence-corrected chi connectivity index (χ1v) is 9.46. The molecular formula is C20H26F3NO3. The first-order valence-electron chi connectivity index (χ1n) is 9.46. The SMILES string of the molecule is Cc1cc2c(cc1C)C(N(C(=O)CCOCC(F)(F)F)C1CC1)CCCO2. The number of ether oxygens (including phenoxy) is 2. The third-order valence-corrected chi connectivity index (χ3v) is 5.15. The fraction of sp³-hybridized carbons (Fsp3) is 0.650. The largest absolute Gasteiger partial charge is 0.493 e. The molecule has 0 saturated heterocycles. The normalized spacial score (nSPS) is 19.8. The van der Waals surface area contributed by atoms with E-state index in [1.54, 1.807) is 0 Å². The van der Waals surface area contributed by atoms with Crippen LogP contribution in [0.4, 0.5) is 13.2 Å². The molecule has 1 atom stereocenters. The number of rotatable bonds is 6. The zero-order chi connectivity index (χ0) is 19.6. The van der Waals surface area contributed by atoms with Crippen LogP contribution in [0, 0.1) is 13.8 Å². The number of fused-ring (bicyclic) bond motifs is 1. The monoisotopic (exact) mass is 385 g/mol. The lowest BCUT2D eigenvalue weighted by Crippen LogP contribution is -2.37. The molecule has 7 heteroatoms. The van der Waals surface area contributed by atoms with E-state index in [0.717, 1.165) is 48.1 Å². The predicted molar refractivity (Wildman–Crippen MR) is 94.7 cm³/mol. The van der Waals surface area contributed by atoms with Gasteiger partial charge < -0.3 is 14.4 Å². The fourth-order valence-electron chi connectivity index (χ4n) is 3.56. The highest BCUT2D eigenvalue weighted by atomic mass is 19.4. The average Bonchev–Trinajstić information content (AvgIpc) is 3.41. The molecule has 150 valence electrons. The number of carbonyl (C=O) groups excluding carboxylic acids is 1. The van der Waals surface area contributed by atoms with E-state index in [0.29, 0.717) is 6.61 Å². The van der Waals surface area contributed by atoms with Gasteiger partial charge in [-0.2, -0.15) is 13.2 Å². The van der Waals surface area contributed by atoms with Crippen molar-refractivity contribution in [2.75, 3.05) is 19.8 Å². The highest BCUT2D eigenvalue weighted by Crippen LogP contribution is 2.42. The summed E-state index contributed by atoms with van der Waals surface area (Å²) < 4.78 is 47.2. The van der Waals surface area contributed by atoms with Crippen LogP contribution >= 0.6 is 0 Å². The Morgan fingerprint density at radius 1 is 1.22 bits per heavy atom. The van der Waals surface area contributed by atoms with Crippen molar-refractivity contribution < 1.29 is 27.4 Å². The van der Waals surface area contributed by atoms with Crippen LogP contribution in [-0.2, 0) is 9.53 Å². The molecule has 0 bridgehead atoms. The average molecular weight is 385 g/mol. The van der Waals surface area contributed by atoms with Gasteiger partial charge in [0.15, 0.2) is 0 Å². The molecule has 1 aromatic carbocycles. The van der Waals surface area contributed by atoms with Crippen molar-refractivity contribution in [1.29, 1.82) is 0 Å². The summed E-state index contributed by atoms with van der Waals surface area (Å²) in [6, 6.07) is 4.18. The van der Waals surface area contributed by atoms with E-state index in [2.05, 4.69) is 10.8 Å². The maximum absolute atomic E-state index is 12.8. The number of nitrogens with zero attached hydrogens (tertiary/aromatic N) is 1. The van der Waals surface area contributed by atoms with Gasteiger partial charge in [0.05, 0.1) is 25.7 Å². The summed E-state index contributed by atoms with van der Waals surface area (Å²) in [5.74, 6) is 0.670. The molecule has 1 aliphatic heterocycles. The van der Waals surface area contributed by atoms with Crippen molar-refractivity contribution in [3.63, 3.8) is 0 Å². The Kier molecular flexibility index (Phi) is 5.99. The fourth-order valence-corrected chi connectivity index (χ4v) is 3.56. The van der Waals surface area contributed by atoms with Crippen LogP contribution in [0.5, 0.6) is 5.75 Å². The standard InChI is InChI=1S/C20H26F3NO3/c1-13-10-16-17(4-3-8-27-18(16)11-14(13)2)24(15-5-6-15)19(25)7-9-26-12-20(21,22)23/h10-11,15,17H,3-9,12H2,1-2H3. The van der Waals surface area contributed by atoms with Gasteiger partial charge >= 0.3 is 6.18 Å². The number of carbonyl (C=O) groups is 1. The molecule has 0 radical (unpaired) electrons. The lowest BCUT2D eigenvalue weighted by atomic mass is 9.95. The van der Waals surface area contributed by atoms with E-state index in [-0.39, 0.29) is 31.0 Å². The minimum absolute atomic E-state index is 0.0376. The first-order chi connectivity index (χ1) is 12.8. The molecule has 1 saturated carbocycles.